The van der Waals surface area contributed by atoms with Crippen LogP contribution in [0.5, 0.6) is 0 Å². The summed E-state index contributed by atoms with van der Waals surface area (Å²) in [5.74, 6) is 0. The molecule has 1 fully saturated rings. The van der Waals surface area contributed by atoms with Gasteiger partial charge in [0.2, 0.25) is 6.71 Å². The molecule has 14 rings (SSSR count). The third kappa shape index (κ3) is 5.49. The standard InChI is InChI=1S/C66H49B/c1-65-37-12-13-38-66(65,2)67(46-23-4-3-5-24-46)62-36-31-45(39-61(62)65)57-40-58(50-28-14-20-42-17-6-9-25-47(42)50)54-34-35-56-60(52-30-16-22-44-19-8-11-27-49(44)52)41-59(55-33-32-53(57)63(54)64(55)56)51-29-15-21-43-18-7-10-26-48(43)51/h3-11,14-36,39-41H,12-13,37-38H2,1-2H3. The first-order chi connectivity index (χ1) is 33.0. The highest BCUT2D eigenvalue weighted by Crippen LogP contribution is 2.62. The summed E-state index contributed by atoms with van der Waals surface area (Å²) in [5, 5.41) is 15.6. The Labute approximate surface area is 393 Å². The first-order valence-electron chi connectivity index (χ1n) is 24.4. The lowest BCUT2D eigenvalue weighted by atomic mass is 9.26. The maximum atomic E-state index is 2.64. The molecule has 0 nitrogen and oxygen atoms in total. The Kier molecular flexibility index (Phi) is 8.40. The number of benzene rings is 12. The second-order valence-corrected chi connectivity index (χ2v) is 20.2. The minimum atomic E-state index is 0.0695. The third-order valence-corrected chi connectivity index (χ3v) is 17.1. The molecule has 1 saturated carbocycles. The summed E-state index contributed by atoms with van der Waals surface area (Å²) in [6.45, 7) is 5.59. The zero-order valence-corrected chi connectivity index (χ0v) is 38.1. The summed E-state index contributed by atoms with van der Waals surface area (Å²) in [6, 6.07) is 81.1. The monoisotopic (exact) mass is 852 g/mol. The van der Waals surface area contributed by atoms with Crippen molar-refractivity contribution in [3.8, 4) is 44.5 Å². The summed E-state index contributed by atoms with van der Waals surface area (Å²) in [7, 11) is 0. The lowest BCUT2D eigenvalue weighted by Gasteiger charge is -2.48. The minimum Gasteiger partial charge on any atom is -0.0735 e. The zero-order valence-electron chi connectivity index (χ0n) is 38.1. The lowest BCUT2D eigenvalue weighted by molar-refractivity contribution is 0.243. The molecule has 0 radical (unpaired) electrons. The first-order valence-corrected chi connectivity index (χ1v) is 24.4. The van der Waals surface area contributed by atoms with Gasteiger partial charge in [0.05, 0.1) is 0 Å². The normalized spacial score (nSPS) is 18.1. The fourth-order valence-corrected chi connectivity index (χ4v) is 13.7. The molecule has 1 heterocycles. The second kappa shape index (κ2) is 14.5. The third-order valence-electron chi connectivity index (χ3n) is 17.1. The minimum absolute atomic E-state index is 0.0695. The van der Waals surface area contributed by atoms with E-state index in [1.807, 2.05) is 0 Å². The SMILES string of the molecule is CC12CCCCC1(C)c1cc(-c3cc(-c4cccc5ccccc45)c4ccc5c(-c6cccc7ccccc67)cc(-c6cccc7ccccc67)c6ccc3c4c65)ccc1B2c1ccccc1. The number of hydrogen-bond donors (Lipinski definition) is 0. The Morgan fingerprint density at radius 1 is 0.343 bits per heavy atom. The quantitative estimate of drug-likeness (QED) is 0.120. The second-order valence-electron chi connectivity index (χ2n) is 20.2. The molecule has 0 bridgehead atoms. The molecule has 67 heavy (non-hydrogen) atoms. The Balaban J connectivity index is 1.13. The van der Waals surface area contributed by atoms with Gasteiger partial charge >= 0.3 is 0 Å². The average molecular weight is 853 g/mol. The van der Waals surface area contributed by atoms with E-state index in [-0.39, 0.29) is 10.7 Å². The van der Waals surface area contributed by atoms with Crippen molar-refractivity contribution in [3.05, 3.63) is 218 Å². The van der Waals surface area contributed by atoms with Crippen LogP contribution in [0.15, 0.2) is 212 Å². The number of rotatable bonds is 5. The van der Waals surface area contributed by atoms with E-state index in [1.54, 1.807) is 5.56 Å². The van der Waals surface area contributed by atoms with Gasteiger partial charge < -0.3 is 0 Å². The summed E-state index contributed by atoms with van der Waals surface area (Å²) in [5.41, 5.74) is 14.8. The van der Waals surface area contributed by atoms with Gasteiger partial charge in [-0.2, -0.15) is 0 Å². The van der Waals surface area contributed by atoms with Crippen LogP contribution in [0, 0.1) is 0 Å². The molecule has 0 saturated heterocycles. The topological polar surface area (TPSA) is 0 Å². The highest BCUT2D eigenvalue weighted by molar-refractivity contribution is 6.89. The molecular formula is C66H49B. The van der Waals surface area contributed by atoms with Gasteiger partial charge in [-0.1, -0.05) is 244 Å². The largest absolute Gasteiger partial charge is 0.216 e. The molecule has 1 heteroatoms. The number of fused-ring (bicyclic) bond motifs is 6. The van der Waals surface area contributed by atoms with Crippen molar-refractivity contribution in [1.82, 2.24) is 0 Å². The Bertz CT molecular complexity index is 3860. The van der Waals surface area contributed by atoms with Crippen molar-refractivity contribution in [3.63, 3.8) is 0 Å². The van der Waals surface area contributed by atoms with E-state index < -0.39 is 0 Å². The first kappa shape index (κ1) is 38.8. The molecule has 2 unspecified atom stereocenters. The van der Waals surface area contributed by atoms with Crippen LogP contribution in [0.1, 0.15) is 45.1 Å². The molecule has 12 aromatic rings. The van der Waals surface area contributed by atoms with Gasteiger partial charge in [0.1, 0.15) is 0 Å². The van der Waals surface area contributed by atoms with E-state index in [0.29, 0.717) is 6.71 Å². The van der Waals surface area contributed by atoms with Crippen LogP contribution < -0.4 is 10.9 Å². The molecule has 2 aliphatic rings. The maximum absolute atomic E-state index is 2.64. The smallest absolute Gasteiger partial charge is 0.0735 e. The predicted octanol–water partition coefficient (Wildman–Crippen LogP) is 16.9. The molecule has 12 aromatic carbocycles. The van der Waals surface area contributed by atoms with Crippen molar-refractivity contribution in [2.75, 3.05) is 0 Å². The maximum Gasteiger partial charge on any atom is 0.216 e. The van der Waals surface area contributed by atoms with Crippen molar-refractivity contribution < 1.29 is 0 Å². The van der Waals surface area contributed by atoms with E-state index in [1.165, 1.54) is 146 Å². The van der Waals surface area contributed by atoms with E-state index in [0.717, 1.165) is 0 Å². The molecule has 0 spiro atoms. The van der Waals surface area contributed by atoms with Gasteiger partial charge in [0.15, 0.2) is 0 Å². The van der Waals surface area contributed by atoms with Gasteiger partial charge in [-0.15, -0.1) is 0 Å². The number of hydrogen-bond acceptors (Lipinski definition) is 0. The van der Waals surface area contributed by atoms with Crippen LogP contribution in [0.25, 0.3) is 109 Å². The summed E-state index contributed by atoms with van der Waals surface area (Å²) < 4.78 is 0. The van der Waals surface area contributed by atoms with Gasteiger partial charge in [0.25, 0.3) is 0 Å². The molecule has 0 amide bonds. The van der Waals surface area contributed by atoms with Gasteiger partial charge in [-0.05, 0) is 144 Å². The van der Waals surface area contributed by atoms with Crippen molar-refractivity contribution >= 4 is 82.3 Å². The molecule has 0 N–H and O–H groups in total. The van der Waals surface area contributed by atoms with E-state index in [2.05, 4.69) is 226 Å². The fraction of sp³-hybridized carbons (Fsp3) is 0.121. The molecule has 2 atom stereocenters. The van der Waals surface area contributed by atoms with E-state index in [4.69, 9.17) is 0 Å². The Morgan fingerprint density at radius 2 is 0.776 bits per heavy atom. The van der Waals surface area contributed by atoms with Crippen molar-refractivity contribution in [2.45, 2.75) is 50.3 Å². The van der Waals surface area contributed by atoms with Gasteiger partial charge in [-0.3, -0.25) is 0 Å². The summed E-state index contributed by atoms with van der Waals surface area (Å²) >= 11 is 0. The van der Waals surface area contributed by atoms with Crippen molar-refractivity contribution in [2.24, 2.45) is 0 Å². The zero-order chi connectivity index (χ0) is 44.4. The van der Waals surface area contributed by atoms with Crippen LogP contribution >= 0.6 is 0 Å². The molecule has 0 aromatic heterocycles. The molecular weight excluding hydrogens is 804 g/mol. The van der Waals surface area contributed by atoms with Crippen LogP contribution in [0.2, 0.25) is 5.31 Å². The van der Waals surface area contributed by atoms with Crippen LogP contribution in [-0.2, 0) is 5.41 Å². The molecule has 1 aliphatic carbocycles. The van der Waals surface area contributed by atoms with Crippen LogP contribution in [0.4, 0.5) is 0 Å². The highest BCUT2D eigenvalue weighted by Gasteiger charge is 2.60. The average Bonchev–Trinajstić information content (AvgIpc) is 3.59. The lowest BCUT2D eigenvalue weighted by Crippen LogP contribution is -2.51. The van der Waals surface area contributed by atoms with E-state index >= 15 is 0 Å². The Hall–Kier alpha value is -7.48. The summed E-state index contributed by atoms with van der Waals surface area (Å²) in [4.78, 5) is 0. The highest BCUT2D eigenvalue weighted by atomic mass is 14.5. The van der Waals surface area contributed by atoms with Gasteiger partial charge in [-0.25, -0.2) is 0 Å². The van der Waals surface area contributed by atoms with Gasteiger partial charge in [0, 0.05) is 0 Å². The summed E-state index contributed by atoms with van der Waals surface area (Å²) in [6.07, 6.45) is 5.03. The van der Waals surface area contributed by atoms with Crippen molar-refractivity contribution in [1.29, 1.82) is 0 Å². The predicted molar refractivity (Wildman–Crippen MR) is 290 cm³/mol. The molecule has 316 valence electrons. The molecule has 1 aliphatic heterocycles. The van der Waals surface area contributed by atoms with Crippen LogP contribution in [-0.4, -0.2) is 6.71 Å². The fourth-order valence-electron chi connectivity index (χ4n) is 13.7. The van der Waals surface area contributed by atoms with E-state index in [9.17, 15) is 0 Å². The Morgan fingerprint density at radius 3 is 1.30 bits per heavy atom. The van der Waals surface area contributed by atoms with Crippen LogP contribution in [0.3, 0.4) is 0 Å².